The van der Waals surface area contributed by atoms with E-state index in [9.17, 15) is 68.1 Å². The molecule has 1 aromatic heterocycles. The van der Waals surface area contributed by atoms with Crippen molar-refractivity contribution in [1.82, 2.24) is 63.1 Å². The minimum absolute atomic E-state index is 0.00949. The number of phenols is 1. The number of hydrogen-bond donors (Lipinski definition) is 24. The molecule has 1 aromatic carbocycles. The maximum absolute atomic E-state index is 14.5. The highest BCUT2D eigenvalue weighted by atomic mass is 32.1. The summed E-state index contributed by atoms with van der Waals surface area (Å²) >= 11 is 8.37. The van der Waals surface area contributed by atoms with Crippen LogP contribution in [0.5, 0.6) is 5.75 Å². The molecule has 2 rings (SSSR count). The van der Waals surface area contributed by atoms with Crippen LogP contribution < -0.4 is 99.0 Å². The lowest BCUT2D eigenvalue weighted by molar-refractivity contribution is -0.141. The molecule has 0 unspecified atom stereocenters. The van der Waals surface area contributed by atoms with Crippen molar-refractivity contribution in [2.45, 2.75) is 183 Å². The van der Waals surface area contributed by atoms with Crippen molar-refractivity contribution >= 4 is 102 Å². The topological polar surface area (TPSA) is 630 Å². The summed E-state index contributed by atoms with van der Waals surface area (Å²) in [6.45, 7) is 3.45. The number of carboxylic acid groups (broad SMARTS) is 1. The molecule has 0 saturated carbocycles. The number of amides is 10. The van der Waals surface area contributed by atoms with E-state index in [0.29, 0.717) is 49.8 Å². The highest BCUT2D eigenvalue weighted by Gasteiger charge is 2.37. The fraction of sp³-hybridized carbons (Fsp3) is 0.633. The summed E-state index contributed by atoms with van der Waals surface area (Å²) in [6, 6.07) is -9.86. The van der Waals surface area contributed by atoms with Crippen LogP contribution in [0.4, 0.5) is 0 Å². The van der Waals surface area contributed by atoms with Gasteiger partial charge in [-0.05, 0) is 133 Å². The van der Waals surface area contributed by atoms with Gasteiger partial charge in [-0.3, -0.25) is 57.9 Å². The Morgan fingerprint density at radius 3 is 1.24 bits per heavy atom. The number of aromatic amines is 1. The van der Waals surface area contributed by atoms with Gasteiger partial charge < -0.3 is 119 Å². The zero-order valence-electron chi connectivity index (χ0n) is 55.6. The van der Waals surface area contributed by atoms with Gasteiger partial charge >= 0.3 is 5.97 Å². The number of unbranched alkanes of at least 4 members (excludes halogenated alkanes) is 3. The number of benzene rings is 1. The maximum atomic E-state index is 14.5. The number of carbonyl (C=O) groups excluding carboxylic acids is 10. The average molecular weight is 1420 g/mol. The number of phenolic OH excluding ortho intramolecular Hbond substituents is 1. The number of aliphatic hydroxyl groups excluding tert-OH is 1. The van der Waals surface area contributed by atoms with E-state index in [4.69, 9.17) is 45.9 Å². The number of guanidine groups is 2. The number of aliphatic carboxylic acids is 1. The van der Waals surface area contributed by atoms with Crippen molar-refractivity contribution in [3.63, 3.8) is 0 Å². The Bertz CT molecular complexity index is 2890. The van der Waals surface area contributed by atoms with Crippen LogP contribution >= 0.6 is 25.3 Å². The van der Waals surface area contributed by atoms with E-state index in [-0.39, 0.29) is 132 Å². The van der Waals surface area contributed by atoms with E-state index in [1.54, 1.807) is 13.8 Å². The summed E-state index contributed by atoms with van der Waals surface area (Å²) in [5.41, 5.74) is 45.8. The molecule has 30 N–H and O–H groups in total. The monoisotopic (exact) mass is 1420 g/mol. The Morgan fingerprint density at radius 2 is 0.837 bits per heavy atom. The Labute approximate surface area is 580 Å². The molecule has 0 spiro atoms. The van der Waals surface area contributed by atoms with Crippen LogP contribution in [0.3, 0.4) is 0 Å². The lowest BCUT2D eigenvalue weighted by atomic mass is 10.0. The summed E-state index contributed by atoms with van der Waals surface area (Å²) in [4.78, 5) is 168. The van der Waals surface area contributed by atoms with Crippen LogP contribution in [-0.4, -0.2) is 220 Å². The smallest absolute Gasteiger partial charge is 0.327 e. The van der Waals surface area contributed by atoms with Gasteiger partial charge in [-0.15, -0.1) is 0 Å². The Morgan fingerprint density at radius 1 is 0.480 bits per heavy atom. The van der Waals surface area contributed by atoms with Gasteiger partial charge in [0, 0.05) is 49.3 Å². The summed E-state index contributed by atoms with van der Waals surface area (Å²) in [5.74, 6) is -11.6. The molecule has 11 atom stereocenters. The normalized spacial score (nSPS) is 14.5. The minimum Gasteiger partial charge on any atom is -0.508 e. The number of aliphatic imine (C=N–C) groups is 2. The largest absolute Gasteiger partial charge is 0.508 e. The molecule has 98 heavy (non-hydrogen) atoms. The number of aromatic nitrogens is 2. The van der Waals surface area contributed by atoms with Crippen LogP contribution in [0.15, 0.2) is 46.8 Å². The van der Waals surface area contributed by atoms with E-state index in [2.05, 4.69) is 98.4 Å². The van der Waals surface area contributed by atoms with Gasteiger partial charge in [-0.2, -0.15) is 25.3 Å². The number of carboxylic acids is 1. The fourth-order valence-electron chi connectivity index (χ4n) is 9.62. The molecular formula is C60H104N22O14S2. The molecule has 0 aliphatic carbocycles. The number of rotatable bonds is 50. The van der Waals surface area contributed by atoms with Crippen LogP contribution in [-0.2, 0) is 65.6 Å². The molecule has 10 amide bonds. The van der Waals surface area contributed by atoms with Crippen molar-refractivity contribution in [3.05, 3.63) is 48.0 Å². The van der Waals surface area contributed by atoms with Crippen molar-refractivity contribution < 1.29 is 68.1 Å². The number of aromatic hydroxyl groups is 1. The van der Waals surface area contributed by atoms with Gasteiger partial charge in [0.2, 0.25) is 59.1 Å². The number of nitrogens with zero attached hydrogens (tertiary/aromatic N) is 3. The first-order valence-corrected chi connectivity index (χ1v) is 33.7. The van der Waals surface area contributed by atoms with Crippen LogP contribution in [0.1, 0.15) is 115 Å². The first-order chi connectivity index (χ1) is 46.6. The van der Waals surface area contributed by atoms with Gasteiger partial charge in [0.25, 0.3) is 0 Å². The maximum Gasteiger partial charge on any atom is 0.327 e. The fourth-order valence-corrected chi connectivity index (χ4v) is 10.1. The Balaban J connectivity index is 2.49. The van der Waals surface area contributed by atoms with Gasteiger partial charge in [0.05, 0.1) is 19.0 Å². The average Bonchev–Trinajstić information content (AvgIpc) is 1.01. The molecule has 36 nitrogen and oxygen atoms in total. The number of aliphatic hydroxyl groups is 1. The highest BCUT2D eigenvalue weighted by molar-refractivity contribution is 7.80. The first-order valence-electron chi connectivity index (χ1n) is 32.4. The molecule has 0 saturated heterocycles. The molecule has 2 aromatic rings. The lowest BCUT2D eigenvalue weighted by Gasteiger charge is -2.28. The molecule has 0 aliphatic rings. The SMILES string of the molecule is CC(C)C[C@H](NC(=O)[C@H](CS)NC(=O)[C@H](CCCCN)NC(=O)[C@H](Cc1ccc(O)cc1)NC(=O)[C@H](CO)NC(=O)[C@H](CCCCN)NC(=O)[C@@H](N)CCCN=C(N)N)C(=O)N[C@@H](Cc1cnc[nH]1)C(=O)N[C@@H](CCCCN)C(=O)N[C@@H](CCCN=C(N)N)C(=O)N[C@@H](CS)C(=O)O. The van der Waals surface area contributed by atoms with Gasteiger partial charge in [0.15, 0.2) is 11.9 Å². The molecule has 0 aliphatic heterocycles. The molecule has 0 fully saturated rings. The predicted molar refractivity (Wildman–Crippen MR) is 372 cm³/mol. The molecule has 0 radical (unpaired) electrons. The third-order valence-corrected chi connectivity index (χ3v) is 15.7. The predicted octanol–water partition coefficient (Wildman–Crippen LogP) is -6.45. The van der Waals surface area contributed by atoms with Crippen LogP contribution in [0.2, 0.25) is 0 Å². The second-order valence-electron chi connectivity index (χ2n) is 23.6. The lowest BCUT2D eigenvalue weighted by Crippen LogP contribution is -2.61. The Kier molecular flexibility index (Phi) is 41.4. The second-order valence-corrected chi connectivity index (χ2v) is 24.4. The number of thiol groups is 2. The first kappa shape index (κ1) is 85.5. The van der Waals surface area contributed by atoms with E-state index >= 15 is 0 Å². The second kappa shape index (κ2) is 47.4. The molecule has 0 bridgehead atoms. The third kappa shape index (κ3) is 33.6. The molecule has 1 heterocycles. The summed E-state index contributed by atoms with van der Waals surface area (Å²) < 4.78 is 0. The van der Waals surface area contributed by atoms with Crippen molar-refractivity contribution in [2.24, 2.45) is 61.8 Å². The van der Waals surface area contributed by atoms with E-state index in [1.807, 2.05) is 0 Å². The molecular weight excluding hydrogens is 1320 g/mol. The third-order valence-electron chi connectivity index (χ3n) is 15.0. The van der Waals surface area contributed by atoms with E-state index < -0.39 is 138 Å². The number of H-pyrrole nitrogens is 1. The number of nitrogens with one attached hydrogen (secondary N) is 11. The Hall–Kier alpha value is -8.56. The summed E-state index contributed by atoms with van der Waals surface area (Å²) in [7, 11) is 0. The summed E-state index contributed by atoms with van der Waals surface area (Å²) in [6.07, 6.45) is 4.98. The minimum atomic E-state index is -1.70. The van der Waals surface area contributed by atoms with Crippen molar-refractivity contribution in [2.75, 3.05) is 50.8 Å². The zero-order valence-corrected chi connectivity index (χ0v) is 57.3. The number of imidazole rings is 1. The van der Waals surface area contributed by atoms with E-state index in [1.165, 1.54) is 36.8 Å². The van der Waals surface area contributed by atoms with Crippen molar-refractivity contribution in [3.8, 4) is 5.75 Å². The highest BCUT2D eigenvalue weighted by Crippen LogP contribution is 2.15. The van der Waals surface area contributed by atoms with Gasteiger partial charge in [-0.1, -0.05) is 26.0 Å². The van der Waals surface area contributed by atoms with Gasteiger partial charge in [-0.25, -0.2) is 9.78 Å². The molecule has 38 heteroatoms. The number of nitrogens with two attached hydrogens (primary N) is 8. The standard InChI is InChI=1S/C60H104N22O14S2/c1-33(2)25-42(53(90)79-44(27-35-28-69-32-72-35)55(92)76-39(13-4-7-21-62)49(86)74-41(15-10-24-71-60(67)68)52(89)82-47(31-98)58(95)96)77-57(94)46(30-97)81-51(88)40(14-5-8-22-63)75-54(91)43(26-34-16-18-36(84)19-17-34)78-56(93)45(29-83)80-50(87)38(12-3-6-20-61)73-48(85)37(64)11-9-23-70-59(65)66/h16-19,28,32-33,37-47,83-84,97-98H,3-15,20-27,29-31,61-64H2,1-2H3,(H,69,72)(H,73,85)(H,74,86)(H,75,91)(H,76,92)(H,77,94)(H,78,93)(H,79,90)(H,80,87)(H,81,88)(H,82,89)(H,95,96)(H4,65,66,70)(H4,67,68,71)/t37-,38-,39-,40-,41-,42-,43-,44-,45-,46-,47-/m0/s1. The van der Waals surface area contributed by atoms with Crippen LogP contribution in [0.25, 0.3) is 0 Å². The summed E-state index contributed by atoms with van der Waals surface area (Å²) in [5, 5.41) is 55.9. The number of hydrogen-bond acceptors (Lipinski definition) is 22. The number of carbonyl (C=O) groups is 11. The van der Waals surface area contributed by atoms with Crippen LogP contribution in [0, 0.1) is 5.92 Å². The van der Waals surface area contributed by atoms with E-state index in [0.717, 1.165) is 0 Å². The quantitative estimate of drug-likeness (QED) is 0.0127. The zero-order chi connectivity index (χ0) is 73.3. The molecule has 550 valence electrons. The van der Waals surface area contributed by atoms with Crippen molar-refractivity contribution in [1.29, 1.82) is 0 Å². The van der Waals surface area contributed by atoms with Gasteiger partial charge in [0.1, 0.15) is 66.2 Å².